The zero-order valence-corrected chi connectivity index (χ0v) is 39.4. The Labute approximate surface area is 403 Å². The van der Waals surface area contributed by atoms with Crippen molar-refractivity contribution in [2.24, 2.45) is 17.8 Å². The van der Waals surface area contributed by atoms with Crippen LogP contribution in [0.1, 0.15) is 91.9 Å². The van der Waals surface area contributed by atoms with Gasteiger partial charge in [0.15, 0.2) is 0 Å². The standard InChI is InChI=1S/C56H64N2O11/c1-3-32-24-42(33-9-6-11-37(60)22-33)35(25-47(32)62)21-36-23-40(67-39-12-4-5-13-39)27-44-53(63)46(30-66-54(36)44)51-48(14-8-19-64-2)68-55-41-16-15-38(61)26-43(41)50-28-45(55)56(51)69-49(17-18-59)52-34(10-7-20-65-50)29-57-31-58-52/h6,9,11,15-16,22-28,34,39,46,48-49,51-53,56-63H,3-5,8,12-14,17-21,29-31H2,1-2H3/t34-,46-,48+,49-,51-,52+,53-,56+/m1/s1. The highest BCUT2D eigenvalue weighted by molar-refractivity contribution is 5.96. The third-order valence-corrected chi connectivity index (χ3v) is 14.9. The number of nitrogens with one attached hydrogen (secondary N) is 2. The van der Waals surface area contributed by atoms with E-state index in [1.54, 1.807) is 37.4 Å². The summed E-state index contributed by atoms with van der Waals surface area (Å²) in [6.07, 6.45) is 3.91. The van der Waals surface area contributed by atoms with E-state index in [0.29, 0.717) is 85.9 Å². The first kappa shape index (κ1) is 47.0. The lowest BCUT2D eigenvalue weighted by Gasteiger charge is -2.48. The summed E-state index contributed by atoms with van der Waals surface area (Å²) >= 11 is 0. The van der Waals surface area contributed by atoms with Crippen molar-refractivity contribution in [1.29, 1.82) is 0 Å². The van der Waals surface area contributed by atoms with Crippen molar-refractivity contribution in [2.75, 3.05) is 46.8 Å². The van der Waals surface area contributed by atoms with Gasteiger partial charge in [0, 0.05) is 85.3 Å². The highest BCUT2D eigenvalue weighted by Crippen LogP contribution is 2.55. The molecule has 2 bridgehead atoms. The van der Waals surface area contributed by atoms with Gasteiger partial charge in [-0.2, -0.15) is 0 Å². The summed E-state index contributed by atoms with van der Waals surface area (Å²) in [7, 11) is 1.68. The number of benzene rings is 5. The summed E-state index contributed by atoms with van der Waals surface area (Å²) in [5, 5.41) is 64.9. The number of aryl methyl sites for hydroxylation is 1. The number of aliphatic hydroxyl groups is 2. The van der Waals surface area contributed by atoms with E-state index in [1.807, 2.05) is 49.4 Å². The van der Waals surface area contributed by atoms with E-state index < -0.39 is 36.3 Å². The van der Waals surface area contributed by atoms with Gasteiger partial charge in [-0.1, -0.05) is 30.9 Å². The largest absolute Gasteiger partial charge is 0.508 e. The maximum atomic E-state index is 13.2. The van der Waals surface area contributed by atoms with Crippen molar-refractivity contribution >= 4 is 10.8 Å². The third-order valence-electron chi connectivity index (χ3n) is 14.9. The molecule has 5 aromatic rings. The molecule has 13 heteroatoms. The van der Waals surface area contributed by atoms with Crippen LogP contribution in [0.4, 0.5) is 0 Å². The van der Waals surface area contributed by atoms with Crippen LogP contribution in [0, 0.1) is 29.6 Å². The fraction of sp³-hybridized carbons (Fsp3) is 0.464. The molecule has 4 heterocycles. The second-order valence-electron chi connectivity index (χ2n) is 19.2. The molecule has 0 amide bonds. The van der Waals surface area contributed by atoms with Gasteiger partial charge in [0.05, 0.1) is 36.9 Å². The topological polar surface area (TPSA) is 181 Å². The number of methoxy groups -OCH3 is 1. The van der Waals surface area contributed by atoms with Gasteiger partial charge in [0.25, 0.3) is 0 Å². The molecule has 5 aromatic carbocycles. The summed E-state index contributed by atoms with van der Waals surface area (Å²) in [5.74, 6) is 8.19. The first-order valence-corrected chi connectivity index (χ1v) is 24.8. The second-order valence-corrected chi connectivity index (χ2v) is 19.2. The molecule has 4 aliphatic heterocycles. The van der Waals surface area contributed by atoms with Gasteiger partial charge in [0.2, 0.25) is 0 Å². The molecule has 5 aliphatic rings. The number of ether oxygens (including phenoxy) is 6. The summed E-state index contributed by atoms with van der Waals surface area (Å²) in [6, 6.07) is 21.8. The molecule has 8 atom stereocenters. The fourth-order valence-electron chi connectivity index (χ4n) is 11.5. The maximum Gasteiger partial charge on any atom is 0.149 e. The summed E-state index contributed by atoms with van der Waals surface area (Å²) < 4.78 is 40.5. The smallest absolute Gasteiger partial charge is 0.149 e. The lowest BCUT2D eigenvalue weighted by molar-refractivity contribution is -0.145. The molecule has 7 N–H and O–H groups in total. The van der Waals surface area contributed by atoms with Crippen LogP contribution in [0.5, 0.6) is 40.2 Å². The van der Waals surface area contributed by atoms with E-state index in [-0.39, 0.29) is 55.1 Å². The molecule has 0 aromatic heterocycles. The van der Waals surface area contributed by atoms with Crippen LogP contribution >= 0.6 is 0 Å². The molecule has 2 fully saturated rings. The molecule has 10 rings (SSSR count). The molecule has 0 spiro atoms. The van der Waals surface area contributed by atoms with E-state index in [2.05, 4.69) is 22.5 Å². The van der Waals surface area contributed by atoms with E-state index in [1.165, 1.54) is 0 Å². The SMILES string of the molecule is CCc1cc(-c2cccc(O)c2)c(Cc2cc(OC3CCCC3)cc3c2OC[C@H]([C@@H]2[C@H](CCCOC)Oc4c5cc(c6cc(O)ccc46)OCC#C[C@@H]4CNCN[C@@H]4[C@@H](CCO)O[C@@H]52)[C@@H]3O)cc1O. The van der Waals surface area contributed by atoms with Crippen LogP contribution in [-0.2, 0) is 22.3 Å². The average Bonchev–Trinajstić information content (AvgIpc) is 3.86. The molecule has 1 saturated heterocycles. The van der Waals surface area contributed by atoms with E-state index in [4.69, 9.17) is 28.4 Å². The van der Waals surface area contributed by atoms with Gasteiger partial charge in [-0.25, -0.2) is 0 Å². The third kappa shape index (κ3) is 9.63. The van der Waals surface area contributed by atoms with Gasteiger partial charge < -0.3 is 59.3 Å². The van der Waals surface area contributed by atoms with Gasteiger partial charge in [-0.15, -0.1) is 0 Å². The van der Waals surface area contributed by atoms with E-state index in [9.17, 15) is 25.5 Å². The monoisotopic (exact) mass is 940 g/mol. The van der Waals surface area contributed by atoms with Crippen molar-refractivity contribution in [3.8, 4) is 63.2 Å². The number of fused-ring (bicyclic) bond motifs is 6. The molecular formula is C56H64N2O11. The summed E-state index contributed by atoms with van der Waals surface area (Å²) in [6.45, 7) is 3.80. The molecular weight excluding hydrogens is 877 g/mol. The zero-order chi connectivity index (χ0) is 47.6. The van der Waals surface area contributed by atoms with Gasteiger partial charge in [-0.05, 0) is 134 Å². The molecule has 1 saturated carbocycles. The molecule has 0 radical (unpaired) electrons. The van der Waals surface area contributed by atoms with Crippen LogP contribution in [-0.4, -0.2) is 96.6 Å². The van der Waals surface area contributed by atoms with Crippen molar-refractivity contribution in [2.45, 2.75) is 101 Å². The Kier molecular flexibility index (Phi) is 14.1. The Bertz CT molecular complexity index is 2710. The Morgan fingerprint density at radius 2 is 1.70 bits per heavy atom. The fourth-order valence-corrected chi connectivity index (χ4v) is 11.5. The minimum atomic E-state index is -1.06. The number of rotatable bonds is 13. The highest BCUT2D eigenvalue weighted by atomic mass is 16.5. The number of phenolic OH excluding ortho intramolecular Hbond substituents is 3. The van der Waals surface area contributed by atoms with Gasteiger partial charge in [-0.3, -0.25) is 5.32 Å². The lowest BCUT2D eigenvalue weighted by atomic mass is 9.72. The van der Waals surface area contributed by atoms with E-state index in [0.717, 1.165) is 64.5 Å². The Morgan fingerprint density at radius 3 is 2.51 bits per heavy atom. The Morgan fingerprint density at radius 1 is 0.841 bits per heavy atom. The molecule has 364 valence electrons. The maximum absolute atomic E-state index is 13.2. The molecule has 13 nitrogen and oxygen atoms in total. The first-order chi connectivity index (χ1) is 33.7. The summed E-state index contributed by atoms with van der Waals surface area (Å²) in [4.78, 5) is 0. The predicted octanol–water partition coefficient (Wildman–Crippen LogP) is 7.98. The zero-order valence-electron chi connectivity index (χ0n) is 39.4. The van der Waals surface area contributed by atoms with Crippen molar-refractivity contribution < 1.29 is 54.0 Å². The number of hydrogen-bond donors (Lipinski definition) is 7. The number of aliphatic hydroxyl groups excluding tert-OH is 2. The van der Waals surface area contributed by atoms with Crippen molar-refractivity contribution in [3.05, 3.63) is 101 Å². The number of phenols is 3. The molecule has 1 aliphatic carbocycles. The van der Waals surface area contributed by atoms with Crippen molar-refractivity contribution in [3.63, 3.8) is 0 Å². The first-order valence-electron chi connectivity index (χ1n) is 24.8. The number of hydrogen-bond acceptors (Lipinski definition) is 13. The second kappa shape index (κ2) is 20.7. The quantitative estimate of drug-likeness (QED) is 0.0447. The summed E-state index contributed by atoms with van der Waals surface area (Å²) in [5.41, 5.74) is 5.46. The van der Waals surface area contributed by atoms with Crippen LogP contribution in [0.3, 0.4) is 0 Å². The van der Waals surface area contributed by atoms with Gasteiger partial charge in [0.1, 0.15) is 53.0 Å². The normalized spacial score (nSPS) is 25.4. The van der Waals surface area contributed by atoms with Crippen molar-refractivity contribution in [1.82, 2.24) is 10.6 Å². The number of aromatic hydroxyl groups is 3. The lowest BCUT2D eigenvalue weighted by Crippen LogP contribution is -2.58. The Balaban J connectivity index is 1.11. The predicted molar refractivity (Wildman–Crippen MR) is 261 cm³/mol. The van der Waals surface area contributed by atoms with Crippen LogP contribution < -0.4 is 29.6 Å². The minimum absolute atomic E-state index is 0.0378. The van der Waals surface area contributed by atoms with E-state index >= 15 is 0 Å². The highest BCUT2D eigenvalue weighted by Gasteiger charge is 2.51. The Hall–Kier alpha value is -5.72. The minimum Gasteiger partial charge on any atom is -0.508 e. The van der Waals surface area contributed by atoms with Crippen LogP contribution in [0.2, 0.25) is 0 Å². The van der Waals surface area contributed by atoms with Crippen LogP contribution in [0.25, 0.3) is 21.9 Å². The molecule has 0 unspecified atom stereocenters. The van der Waals surface area contributed by atoms with Crippen LogP contribution in [0.15, 0.2) is 72.8 Å². The van der Waals surface area contributed by atoms with Gasteiger partial charge >= 0.3 is 0 Å². The average molecular weight is 941 g/mol. The molecule has 69 heavy (non-hydrogen) atoms.